The van der Waals surface area contributed by atoms with Crippen molar-refractivity contribution in [2.75, 3.05) is 0 Å². The number of nitrogens with zero attached hydrogens (tertiary/aromatic N) is 1. The van der Waals surface area contributed by atoms with Crippen LogP contribution < -0.4 is 10.2 Å². The second-order valence-corrected chi connectivity index (χ2v) is 6.09. The molecule has 0 fully saturated rings. The van der Waals surface area contributed by atoms with Gasteiger partial charge in [0.05, 0.1) is 17.3 Å². The van der Waals surface area contributed by atoms with Gasteiger partial charge in [0.25, 0.3) is 5.91 Å². The summed E-state index contributed by atoms with van der Waals surface area (Å²) in [5, 5.41) is 14.1. The van der Waals surface area contributed by atoms with Crippen LogP contribution in [0.15, 0.2) is 77.9 Å². The number of benzene rings is 3. The zero-order valence-electron chi connectivity index (χ0n) is 14.5. The highest BCUT2D eigenvalue weighted by Gasteiger charge is 2.11. The predicted octanol–water partition coefficient (Wildman–Crippen LogP) is 4.03. The van der Waals surface area contributed by atoms with Crippen molar-refractivity contribution < 1.29 is 19.4 Å². The topological polar surface area (TPSA) is 88.0 Å². The third-order valence-corrected chi connectivity index (χ3v) is 3.97. The Labute approximate surface area is 166 Å². The van der Waals surface area contributed by atoms with Gasteiger partial charge in [0.2, 0.25) is 0 Å². The summed E-state index contributed by atoms with van der Waals surface area (Å²) in [5.41, 5.74) is 3.26. The number of esters is 1. The third kappa shape index (κ3) is 4.75. The lowest BCUT2D eigenvalue weighted by atomic mass is 10.2. The fourth-order valence-electron chi connectivity index (χ4n) is 2.31. The summed E-state index contributed by atoms with van der Waals surface area (Å²) in [6.07, 6.45) is 1.35. The molecule has 0 unspecified atom stereocenters. The number of nitrogens with one attached hydrogen (secondary N) is 1. The van der Waals surface area contributed by atoms with E-state index in [1.54, 1.807) is 60.7 Å². The highest BCUT2D eigenvalue weighted by molar-refractivity contribution is 6.30. The molecule has 140 valence electrons. The van der Waals surface area contributed by atoms with Crippen molar-refractivity contribution in [2.45, 2.75) is 0 Å². The van der Waals surface area contributed by atoms with E-state index in [1.165, 1.54) is 18.3 Å². The van der Waals surface area contributed by atoms with Crippen LogP contribution in [0.3, 0.4) is 0 Å². The minimum absolute atomic E-state index is 0.0992. The monoisotopic (exact) mass is 394 g/mol. The number of ether oxygens (including phenoxy) is 1. The van der Waals surface area contributed by atoms with Crippen LogP contribution in [0.2, 0.25) is 5.02 Å². The van der Waals surface area contributed by atoms with E-state index in [0.29, 0.717) is 16.1 Å². The second kappa shape index (κ2) is 8.83. The molecular weight excluding hydrogens is 380 g/mol. The molecule has 0 atom stereocenters. The van der Waals surface area contributed by atoms with Gasteiger partial charge < -0.3 is 9.84 Å². The van der Waals surface area contributed by atoms with Crippen molar-refractivity contribution in [1.29, 1.82) is 0 Å². The van der Waals surface area contributed by atoms with Gasteiger partial charge in [-0.3, -0.25) is 4.79 Å². The molecule has 6 nitrogen and oxygen atoms in total. The van der Waals surface area contributed by atoms with E-state index >= 15 is 0 Å². The van der Waals surface area contributed by atoms with E-state index in [2.05, 4.69) is 10.5 Å². The molecule has 0 radical (unpaired) electrons. The van der Waals surface area contributed by atoms with E-state index in [1.807, 2.05) is 0 Å². The van der Waals surface area contributed by atoms with Crippen molar-refractivity contribution in [3.63, 3.8) is 0 Å². The van der Waals surface area contributed by atoms with Gasteiger partial charge in [-0.25, -0.2) is 10.2 Å². The summed E-state index contributed by atoms with van der Waals surface area (Å²) in [7, 11) is 0. The molecule has 0 spiro atoms. The average Bonchev–Trinajstić information content (AvgIpc) is 2.70. The molecule has 7 heteroatoms. The molecule has 28 heavy (non-hydrogen) atoms. The number of hydrogen-bond donors (Lipinski definition) is 2. The molecule has 1 amide bonds. The van der Waals surface area contributed by atoms with Crippen LogP contribution in [0.25, 0.3) is 0 Å². The number of amides is 1. The maximum atomic E-state index is 12.3. The molecule has 3 aromatic carbocycles. The van der Waals surface area contributed by atoms with Gasteiger partial charge in [-0.1, -0.05) is 35.9 Å². The van der Waals surface area contributed by atoms with Crippen LogP contribution in [0.1, 0.15) is 26.3 Å². The Hall–Kier alpha value is -3.64. The maximum Gasteiger partial charge on any atom is 0.343 e. The van der Waals surface area contributed by atoms with Gasteiger partial charge in [0.15, 0.2) is 0 Å². The maximum absolute atomic E-state index is 12.3. The van der Waals surface area contributed by atoms with Gasteiger partial charge in [-0.05, 0) is 48.5 Å². The molecule has 0 heterocycles. The van der Waals surface area contributed by atoms with Crippen LogP contribution in [-0.2, 0) is 0 Å². The molecule has 3 aromatic rings. The van der Waals surface area contributed by atoms with E-state index in [9.17, 15) is 14.7 Å². The van der Waals surface area contributed by atoms with Crippen molar-refractivity contribution >= 4 is 29.7 Å². The van der Waals surface area contributed by atoms with Crippen molar-refractivity contribution in [3.05, 3.63) is 94.5 Å². The average molecular weight is 395 g/mol. The SMILES string of the molecule is O=C(Oc1ccccc1/C=N/NC(=O)c1ccccc1O)c1ccc(Cl)cc1. The van der Waals surface area contributed by atoms with Crippen molar-refractivity contribution in [3.8, 4) is 11.5 Å². The number of hydrogen-bond acceptors (Lipinski definition) is 5. The van der Waals surface area contributed by atoms with Crippen LogP contribution in [0.4, 0.5) is 0 Å². The molecule has 0 aliphatic heterocycles. The minimum Gasteiger partial charge on any atom is -0.507 e. The zero-order valence-corrected chi connectivity index (χ0v) is 15.3. The number of halogens is 1. The molecule has 2 N–H and O–H groups in total. The first-order chi connectivity index (χ1) is 13.5. The fraction of sp³-hybridized carbons (Fsp3) is 0. The number of aromatic hydroxyl groups is 1. The number of rotatable bonds is 5. The summed E-state index contributed by atoms with van der Waals surface area (Å²) in [6, 6.07) is 19.2. The molecule has 0 aliphatic carbocycles. The molecule has 3 rings (SSSR count). The first-order valence-electron chi connectivity index (χ1n) is 8.23. The van der Waals surface area contributed by atoms with E-state index in [-0.39, 0.29) is 17.1 Å². The Balaban J connectivity index is 1.70. The zero-order chi connectivity index (χ0) is 19.9. The molecule has 0 bridgehead atoms. The summed E-state index contributed by atoms with van der Waals surface area (Å²) in [6.45, 7) is 0. The van der Waals surface area contributed by atoms with Crippen molar-refractivity contribution in [2.24, 2.45) is 5.10 Å². The van der Waals surface area contributed by atoms with Crippen LogP contribution in [0, 0.1) is 0 Å². The molecule has 0 saturated heterocycles. The lowest BCUT2D eigenvalue weighted by molar-refractivity contribution is 0.0734. The highest BCUT2D eigenvalue weighted by atomic mass is 35.5. The number of carbonyl (C=O) groups is 2. The van der Waals surface area contributed by atoms with Crippen LogP contribution in [-0.4, -0.2) is 23.2 Å². The summed E-state index contributed by atoms with van der Waals surface area (Å²) >= 11 is 5.82. The van der Waals surface area contributed by atoms with E-state index in [4.69, 9.17) is 16.3 Å². The van der Waals surface area contributed by atoms with E-state index < -0.39 is 11.9 Å². The normalized spacial score (nSPS) is 10.6. The first kappa shape index (κ1) is 19.1. The number of carbonyl (C=O) groups excluding carboxylic acids is 2. The molecular formula is C21H15ClN2O4. The standard InChI is InChI=1S/C21H15ClN2O4/c22-16-11-9-14(10-12-16)21(27)28-19-8-4-1-5-15(19)13-23-24-20(26)17-6-2-3-7-18(17)25/h1-13,25H,(H,24,26)/b23-13+. The number of phenolic OH excluding ortho intramolecular Hbond substituents is 1. The lowest BCUT2D eigenvalue weighted by Gasteiger charge is -2.07. The lowest BCUT2D eigenvalue weighted by Crippen LogP contribution is -2.17. The highest BCUT2D eigenvalue weighted by Crippen LogP contribution is 2.19. The number of phenols is 1. The Morgan fingerprint density at radius 1 is 0.964 bits per heavy atom. The molecule has 0 aliphatic rings. The summed E-state index contributed by atoms with van der Waals surface area (Å²) in [4.78, 5) is 24.3. The van der Waals surface area contributed by atoms with Gasteiger partial charge in [0, 0.05) is 10.6 Å². The molecule has 0 saturated carbocycles. The van der Waals surface area contributed by atoms with Crippen LogP contribution >= 0.6 is 11.6 Å². The largest absolute Gasteiger partial charge is 0.507 e. The first-order valence-corrected chi connectivity index (χ1v) is 8.60. The second-order valence-electron chi connectivity index (χ2n) is 5.65. The number of hydrazone groups is 1. The van der Waals surface area contributed by atoms with Gasteiger partial charge in [-0.15, -0.1) is 0 Å². The summed E-state index contributed by atoms with van der Waals surface area (Å²) < 4.78 is 5.41. The van der Waals surface area contributed by atoms with Gasteiger partial charge >= 0.3 is 5.97 Å². The fourth-order valence-corrected chi connectivity index (χ4v) is 2.44. The van der Waals surface area contributed by atoms with Crippen molar-refractivity contribution in [1.82, 2.24) is 5.43 Å². The minimum atomic E-state index is -0.565. The quantitative estimate of drug-likeness (QED) is 0.296. The van der Waals surface area contributed by atoms with E-state index in [0.717, 1.165) is 0 Å². The van der Waals surface area contributed by atoms with Gasteiger partial charge in [-0.2, -0.15) is 5.10 Å². The Morgan fingerprint density at radius 2 is 1.64 bits per heavy atom. The number of para-hydroxylation sites is 2. The van der Waals surface area contributed by atoms with Crippen LogP contribution in [0.5, 0.6) is 11.5 Å². The Kier molecular flexibility index (Phi) is 6.04. The molecule has 0 aromatic heterocycles. The smallest absolute Gasteiger partial charge is 0.343 e. The Morgan fingerprint density at radius 3 is 2.39 bits per heavy atom. The Bertz CT molecular complexity index is 1030. The van der Waals surface area contributed by atoms with Gasteiger partial charge in [0.1, 0.15) is 11.5 Å². The predicted molar refractivity (Wildman–Crippen MR) is 106 cm³/mol. The third-order valence-electron chi connectivity index (χ3n) is 3.72. The summed E-state index contributed by atoms with van der Waals surface area (Å²) in [5.74, 6) is -0.976.